The van der Waals surface area contributed by atoms with E-state index in [1.54, 1.807) is 0 Å². The van der Waals surface area contributed by atoms with Crippen molar-refractivity contribution in [1.82, 2.24) is 10.2 Å². The number of hydrogen-bond donors (Lipinski definition) is 1. The first-order valence-corrected chi connectivity index (χ1v) is 9.41. The van der Waals surface area contributed by atoms with Crippen LogP contribution in [-0.2, 0) is 4.79 Å². The molecular formula is C18H25Cl2N3O. The number of aryl methyl sites for hydroxylation is 1. The summed E-state index contributed by atoms with van der Waals surface area (Å²) < 4.78 is -0.823. The molecule has 4 nitrogen and oxygen atoms in total. The topological polar surface area (TPSA) is 35.6 Å². The number of nitrogens with one attached hydrogen (secondary N) is 1. The van der Waals surface area contributed by atoms with Gasteiger partial charge in [-0.1, -0.05) is 12.1 Å². The molecule has 1 atom stereocenters. The Labute approximate surface area is 154 Å². The van der Waals surface area contributed by atoms with Crippen LogP contribution in [0.3, 0.4) is 0 Å². The monoisotopic (exact) mass is 369 g/mol. The average molecular weight is 370 g/mol. The Bertz CT molecular complexity index is 585. The van der Waals surface area contributed by atoms with Crippen molar-refractivity contribution in [3.8, 4) is 0 Å². The molecule has 0 spiro atoms. The molecule has 1 amide bonds. The van der Waals surface area contributed by atoms with Crippen molar-refractivity contribution < 1.29 is 4.79 Å². The molecular weight excluding hydrogens is 345 g/mol. The molecule has 3 rings (SSSR count). The second-order valence-corrected chi connectivity index (χ2v) is 8.37. The fourth-order valence-corrected chi connectivity index (χ4v) is 3.70. The molecule has 6 heteroatoms. The third-order valence-corrected chi connectivity index (χ3v) is 5.67. The summed E-state index contributed by atoms with van der Waals surface area (Å²) >= 11 is 11.8. The molecule has 1 saturated heterocycles. The first-order valence-electron chi connectivity index (χ1n) is 8.65. The molecule has 1 heterocycles. The van der Waals surface area contributed by atoms with Gasteiger partial charge < -0.3 is 10.2 Å². The third-order valence-electron chi connectivity index (χ3n) is 4.83. The van der Waals surface area contributed by atoms with Gasteiger partial charge in [-0.3, -0.25) is 9.69 Å². The molecule has 132 valence electrons. The molecule has 24 heavy (non-hydrogen) atoms. The Morgan fingerprint density at radius 2 is 2.00 bits per heavy atom. The van der Waals surface area contributed by atoms with Crippen molar-refractivity contribution in [3.05, 3.63) is 29.8 Å². The fourth-order valence-electron chi connectivity index (χ4n) is 3.19. The Morgan fingerprint density at radius 3 is 2.62 bits per heavy atom. The van der Waals surface area contributed by atoms with Gasteiger partial charge in [0.2, 0.25) is 5.91 Å². The maximum atomic E-state index is 11.8. The normalized spacial score (nSPS) is 23.1. The smallest absolute Gasteiger partial charge is 0.226 e. The van der Waals surface area contributed by atoms with Gasteiger partial charge in [0.1, 0.15) is 4.33 Å². The van der Waals surface area contributed by atoms with Gasteiger partial charge in [0.25, 0.3) is 0 Å². The Morgan fingerprint density at radius 1 is 1.29 bits per heavy atom. The van der Waals surface area contributed by atoms with E-state index in [-0.39, 0.29) is 11.8 Å². The first-order chi connectivity index (χ1) is 11.5. The van der Waals surface area contributed by atoms with Crippen LogP contribution in [0.15, 0.2) is 24.3 Å². The predicted octanol–water partition coefficient (Wildman–Crippen LogP) is 2.82. The van der Waals surface area contributed by atoms with Crippen molar-refractivity contribution in [2.24, 2.45) is 5.92 Å². The van der Waals surface area contributed by atoms with Crippen LogP contribution >= 0.6 is 23.2 Å². The molecule has 1 aliphatic heterocycles. The summed E-state index contributed by atoms with van der Waals surface area (Å²) in [6.07, 6.45) is 1.53. The van der Waals surface area contributed by atoms with E-state index in [4.69, 9.17) is 23.2 Å². The van der Waals surface area contributed by atoms with Crippen molar-refractivity contribution in [3.63, 3.8) is 0 Å². The number of carbonyl (C=O) groups is 1. The Hall–Kier alpha value is -0.970. The largest absolute Gasteiger partial charge is 0.369 e. The van der Waals surface area contributed by atoms with E-state index in [1.807, 2.05) is 0 Å². The number of halogens is 2. The molecule has 1 aromatic rings. The van der Waals surface area contributed by atoms with E-state index in [1.165, 1.54) is 11.3 Å². The van der Waals surface area contributed by atoms with E-state index in [9.17, 15) is 4.79 Å². The third kappa shape index (κ3) is 4.56. The van der Waals surface area contributed by atoms with Gasteiger partial charge in [0.15, 0.2) is 0 Å². The number of benzene rings is 1. The van der Waals surface area contributed by atoms with Crippen LogP contribution in [0.5, 0.6) is 0 Å². The number of anilines is 1. The Balaban J connectivity index is 1.32. The van der Waals surface area contributed by atoms with Gasteiger partial charge in [0, 0.05) is 38.4 Å². The SMILES string of the molecule is Cc1cccc(N2CCN(CCCNC(=O)C3CC3(Cl)Cl)CC2)c1. The van der Waals surface area contributed by atoms with Crippen molar-refractivity contribution in [2.75, 3.05) is 44.2 Å². The minimum Gasteiger partial charge on any atom is -0.369 e. The number of alkyl halides is 2. The van der Waals surface area contributed by atoms with Crippen molar-refractivity contribution in [1.29, 1.82) is 0 Å². The number of rotatable bonds is 6. The minimum atomic E-state index is -0.823. The van der Waals surface area contributed by atoms with Crippen LogP contribution in [0.2, 0.25) is 0 Å². The summed E-state index contributed by atoms with van der Waals surface area (Å²) in [7, 11) is 0. The summed E-state index contributed by atoms with van der Waals surface area (Å²) in [6.45, 7) is 8.08. The Kier molecular flexibility index (Phi) is 5.58. The van der Waals surface area contributed by atoms with Crippen LogP contribution < -0.4 is 10.2 Å². The highest BCUT2D eigenvalue weighted by Crippen LogP contribution is 2.53. The molecule has 0 bridgehead atoms. The predicted molar refractivity (Wildman–Crippen MR) is 100 cm³/mol. The van der Waals surface area contributed by atoms with Crippen molar-refractivity contribution in [2.45, 2.75) is 24.1 Å². The van der Waals surface area contributed by atoms with Gasteiger partial charge in [-0.15, -0.1) is 23.2 Å². The number of piperazine rings is 1. The maximum Gasteiger partial charge on any atom is 0.226 e. The summed E-state index contributed by atoms with van der Waals surface area (Å²) in [5.74, 6) is -0.233. The summed E-state index contributed by atoms with van der Waals surface area (Å²) in [6, 6.07) is 8.69. The fraction of sp³-hybridized carbons (Fsp3) is 0.611. The highest BCUT2D eigenvalue weighted by atomic mass is 35.5. The van der Waals surface area contributed by atoms with Crippen LogP contribution in [0, 0.1) is 12.8 Å². The highest BCUT2D eigenvalue weighted by Gasteiger charge is 2.56. The molecule has 1 N–H and O–H groups in total. The molecule has 1 aliphatic carbocycles. The van der Waals surface area contributed by atoms with Gasteiger partial charge in [-0.05, 0) is 44.0 Å². The van der Waals surface area contributed by atoms with E-state index in [0.29, 0.717) is 13.0 Å². The van der Waals surface area contributed by atoms with Crippen LogP contribution in [0.4, 0.5) is 5.69 Å². The zero-order valence-corrected chi connectivity index (χ0v) is 15.6. The maximum absolute atomic E-state index is 11.8. The lowest BCUT2D eigenvalue weighted by molar-refractivity contribution is -0.122. The molecule has 2 aliphatic rings. The standard InChI is InChI=1S/C18H25Cl2N3O/c1-14-4-2-5-15(12-14)23-10-8-22(9-11-23)7-3-6-21-17(24)16-13-18(16,19)20/h2,4-5,12,16H,3,6-11,13H2,1H3,(H,21,24). The number of nitrogens with zero attached hydrogens (tertiary/aromatic N) is 2. The highest BCUT2D eigenvalue weighted by molar-refractivity contribution is 6.52. The van der Waals surface area contributed by atoms with Crippen LogP contribution in [0.1, 0.15) is 18.4 Å². The number of amides is 1. The number of carbonyl (C=O) groups excluding carboxylic acids is 1. The van der Waals surface area contributed by atoms with Crippen molar-refractivity contribution >= 4 is 34.8 Å². The summed E-state index contributed by atoms with van der Waals surface area (Å²) in [4.78, 5) is 16.7. The molecule has 0 aromatic heterocycles. The molecule has 0 radical (unpaired) electrons. The lowest BCUT2D eigenvalue weighted by atomic mass is 10.2. The van der Waals surface area contributed by atoms with E-state index in [0.717, 1.165) is 39.1 Å². The van der Waals surface area contributed by atoms with Crippen LogP contribution in [0.25, 0.3) is 0 Å². The second-order valence-electron chi connectivity index (χ2n) is 6.83. The minimum absolute atomic E-state index is 0.00994. The van der Waals surface area contributed by atoms with Gasteiger partial charge in [-0.2, -0.15) is 0 Å². The summed E-state index contributed by atoms with van der Waals surface area (Å²) in [5.41, 5.74) is 2.62. The number of hydrogen-bond acceptors (Lipinski definition) is 3. The zero-order valence-electron chi connectivity index (χ0n) is 14.1. The van der Waals surface area contributed by atoms with E-state index >= 15 is 0 Å². The molecule has 1 saturated carbocycles. The van der Waals surface area contributed by atoms with Crippen LogP contribution in [-0.4, -0.2) is 54.4 Å². The first kappa shape index (κ1) is 17.8. The van der Waals surface area contributed by atoms with Gasteiger partial charge in [0.05, 0.1) is 5.92 Å². The zero-order chi connectivity index (χ0) is 17.2. The molecule has 1 aromatic carbocycles. The van der Waals surface area contributed by atoms with Gasteiger partial charge >= 0.3 is 0 Å². The quantitative estimate of drug-likeness (QED) is 0.618. The molecule has 1 unspecified atom stereocenters. The summed E-state index contributed by atoms with van der Waals surface area (Å²) in [5, 5.41) is 2.94. The van der Waals surface area contributed by atoms with E-state index in [2.05, 4.69) is 46.3 Å². The van der Waals surface area contributed by atoms with Gasteiger partial charge in [-0.25, -0.2) is 0 Å². The van der Waals surface area contributed by atoms with E-state index < -0.39 is 4.33 Å². The average Bonchev–Trinajstić information content (AvgIpc) is 3.21. The lowest BCUT2D eigenvalue weighted by Gasteiger charge is -2.36. The molecule has 2 fully saturated rings. The second kappa shape index (κ2) is 7.51. The lowest BCUT2D eigenvalue weighted by Crippen LogP contribution is -2.47.